The molecule has 5 rings (SSSR count). The molecule has 0 saturated heterocycles. The Hall–Kier alpha value is -3.76. The number of primary amides is 1. The van der Waals surface area contributed by atoms with Gasteiger partial charge in [0.25, 0.3) is 5.91 Å². The summed E-state index contributed by atoms with van der Waals surface area (Å²) < 4.78 is 8.73. The van der Waals surface area contributed by atoms with Crippen LogP contribution in [0.1, 0.15) is 22.2 Å². The number of thiazole rings is 1. The zero-order valence-electron chi connectivity index (χ0n) is 18.2. The number of rotatable bonds is 8. The van der Waals surface area contributed by atoms with E-state index in [1.807, 2.05) is 79.7 Å². The first kappa shape index (κ1) is 22.1. The van der Waals surface area contributed by atoms with E-state index < -0.39 is 12.0 Å². The molecular weight excluding hydrogens is 468 g/mol. The van der Waals surface area contributed by atoms with Crippen molar-refractivity contribution in [2.45, 2.75) is 23.9 Å². The first-order chi connectivity index (χ1) is 16.6. The van der Waals surface area contributed by atoms with E-state index in [0.29, 0.717) is 21.7 Å². The summed E-state index contributed by atoms with van der Waals surface area (Å²) in [6.07, 6.45) is -0.952. The molecule has 0 saturated carbocycles. The number of aryl methyl sites for hydroxylation is 1. The minimum absolute atomic E-state index is 0.542. The van der Waals surface area contributed by atoms with Gasteiger partial charge < -0.3 is 10.5 Å². The van der Waals surface area contributed by atoms with E-state index in [1.165, 1.54) is 23.1 Å². The largest absolute Gasteiger partial charge is 0.473 e. The van der Waals surface area contributed by atoms with Crippen LogP contribution in [0.15, 0.2) is 78.0 Å². The lowest BCUT2D eigenvalue weighted by Crippen LogP contribution is -2.26. The number of fused-ring (bicyclic) bond motifs is 1. The van der Waals surface area contributed by atoms with Crippen LogP contribution in [0.4, 0.5) is 0 Å². The fraction of sp³-hybridized carbons (Fsp3) is 0.125. The third-order valence-electron chi connectivity index (χ3n) is 5.09. The van der Waals surface area contributed by atoms with E-state index in [9.17, 15) is 4.79 Å². The molecule has 0 radical (unpaired) electrons. The number of ether oxygens (including phenoxy) is 1. The Bertz CT molecular complexity index is 1420. The van der Waals surface area contributed by atoms with Crippen molar-refractivity contribution in [3.63, 3.8) is 0 Å². The molecule has 0 spiro atoms. The second-order valence-corrected chi connectivity index (χ2v) is 9.52. The van der Waals surface area contributed by atoms with Gasteiger partial charge in [-0.3, -0.25) is 4.79 Å². The van der Waals surface area contributed by atoms with Crippen LogP contribution in [-0.4, -0.2) is 31.1 Å². The number of hydrogen-bond donors (Lipinski definition) is 1. The monoisotopic (exact) mass is 488 g/mol. The number of tetrazole rings is 1. The topological polar surface area (TPSA) is 109 Å². The zero-order valence-corrected chi connectivity index (χ0v) is 19.8. The first-order valence-corrected chi connectivity index (χ1v) is 12.3. The lowest BCUT2D eigenvalue weighted by Gasteiger charge is -2.16. The summed E-state index contributed by atoms with van der Waals surface area (Å²) in [5, 5.41) is 13.3. The third kappa shape index (κ3) is 4.63. The number of amides is 1. The van der Waals surface area contributed by atoms with Gasteiger partial charge in [0.2, 0.25) is 11.3 Å². The van der Waals surface area contributed by atoms with Gasteiger partial charge in [0.05, 0.1) is 15.9 Å². The Morgan fingerprint density at radius 3 is 2.68 bits per heavy atom. The molecular formula is C24H20N6O2S2. The van der Waals surface area contributed by atoms with E-state index in [0.717, 1.165) is 27.0 Å². The first-order valence-electron chi connectivity index (χ1n) is 10.5. The van der Waals surface area contributed by atoms with Gasteiger partial charge in [-0.05, 0) is 58.8 Å². The molecule has 0 aliphatic rings. The van der Waals surface area contributed by atoms with Crippen molar-refractivity contribution in [3.05, 3.63) is 88.9 Å². The predicted octanol–water partition coefficient (Wildman–Crippen LogP) is 4.48. The average molecular weight is 489 g/mol. The molecule has 5 aromatic rings. The molecule has 1 amide bonds. The van der Waals surface area contributed by atoms with Crippen LogP contribution in [0.2, 0.25) is 0 Å². The van der Waals surface area contributed by atoms with Gasteiger partial charge in [0.1, 0.15) is 10.8 Å². The van der Waals surface area contributed by atoms with Crippen molar-refractivity contribution < 1.29 is 9.53 Å². The number of carbonyl (C=O) groups is 1. The molecule has 2 aromatic heterocycles. The van der Waals surface area contributed by atoms with E-state index in [2.05, 4.69) is 20.5 Å². The fourth-order valence-corrected chi connectivity index (χ4v) is 5.28. The smallest absolute Gasteiger partial charge is 0.265 e. The summed E-state index contributed by atoms with van der Waals surface area (Å²) in [6, 6.07) is 23.3. The van der Waals surface area contributed by atoms with Crippen LogP contribution in [0.25, 0.3) is 15.9 Å². The zero-order chi connectivity index (χ0) is 23.5. The molecule has 0 aliphatic carbocycles. The van der Waals surface area contributed by atoms with Gasteiger partial charge in [0.15, 0.2) is 0 Å². The van der Waals surface area contributed by atoms with Crippen LogP contribution in [0, 0.1) is 6.92 Å². The summed E-state index contributed by atoms with van der Waals surface area (Å²) in [5.74, 6) is 0.683. The Balaban J connectivity index is 1.31. The molecule has 8 nitrogen and oxygen atoms in total. The number of benzene rings is 3. The third-order valence-corrected chi connectivity index (χ3v) is 7.16. The summed E-state index contributed by atoms with van der Waals surface area (Å²) in [6.45, 7) is 1.94. The van der Waals surface area contributed by atoms with Crippen molar-refractivity contribution in [2.75, 3.05) is 0 Å². The molecule has 170 valence electrons. The quantitative estimate of drug-likeness (QED) is 0.321. The number of aromatic nitrogens is 5. The maximum absolute atomic E-state index is 12.2. The van der Waals surface area contributed by atoms with Gasteiger partial charge >= 0.3 is 0 Å². The Kier molecular flexibility index (Phi) is 6.24. The minimum Gasteiger partial charge on any atom is -0.473 e. The standard InChI is InChI=1S/C24H20N6O2S2/c1-15-13-16(14-33-24-27-28-29-30(24)17-7-3-2-4-8-17)11-12-19(15)32-21(22(25)31)23-26-18-9-5-6-10-20(18)34-23/h2-13,21H,14H2,1H3,(H2,25,31). The molecule has 2 heterocycles. The molecule has 0 bridgehead atoms. The molecule has 3 aromatic carbocycles. The Morgan fingerprint density at radius 1 is 1.12 bits per heavy atom. The van der Waals surface area contributed by atoms with Crippen LogP contribution in [0.3, 0.4) is 0 Å². The summed E-state index contributed by atoms with van der Waals surface area (Å²) in [7, 11) is 0. The van der Waals surface area contributed by atoms with Crippen molar-refractivity contribution in [1.82, 2.24) is 25.2 Å². The van der Waals surface area contributed by atoms with Crippen molar-refractivity contribution in [3.8, 4) is 11.4 Å². The number of nitrogens with zero attached hydrogens (tertiary/aromatic N) is 5. The second-order valence-electron chi connectivity index (χ2n) is 7.52. The average Bonchev–Trinajstić information content (AvgIpc) is 3.49. The lowest BCUT2D eigenvalue weighted by molar-refractivity contribution is -0.125. The van der Waals surface area contributed by atoms with Crippen LogP contribution in [0.5, 0.6) is 5.75 Å². The van der Waals surface area contributed by atoms with Crippen LogP contribution in [-0.2, 0) is 10.5 Å². The van der Waals surface area contributed by atoms with Gasteiger partial charge in [-0.25, -0.2) is 4.98 Å². The van der Waals surface area contributed by atoms with Gasteiger partial charge in [0, 0.05) is 5.75 Å². The highest BCUT2D eigenvalue weighted by Gasteiger charge is 2.25. The molecule has 0 aliphatic heterocycles. The van der Waals surface area contributed by atoms with Gasteiger partial charge in [-0.2, -0.15) is 4.68 Å². The molecule has 34 heavy (non-hydrogen) atoms. The van der Waals surface area contributed by atoms with Crippen LogP contribution < -0.4 is 10.5 Å². The van der Waals surface area contributed by atoms with Gasteiger partial charge in [-0.15, -0.1) is 16.4 Å². The highest BCUT2D eigenvalue weighted by Crippen LogP contribution is 2.32. The highest BCUT2D eigenvalue weighted by atomic mass is 32.2. The van der Waals surface area contributed by atoms with Crippen molar-refractivity contribution in [1.29, 1.82) is 0 Å². The fourth-order valence-electron chi connectivity index (χ4n) is 3.44. The van der Waals surface area contributed by atoms with Gasteiger partial charge in [-0.1, -0.05) is 54.2 Å². The van der Waals surface area contributed by atoms with E-state index >= 15 is 0 Å². The summed E-state index contributed by atoms with van der Waals surface area (Å²) >= 11 is 2.94. The summed E-state index contributed by atoms with van der Waals surface area (Å²) in [5.41, 5.74) is 9.36. The number of thioether (sulfide) groups is 1. The molecule has 1 atom stereocenters. The molecule has 10 heteroatoms. The maximum Gasteiger partial charge on any atom is 0.265 e. The number of nitrogens with two attached hydrogens (primary N) is 1. The SMILES string of the molecule is Cc1cc(CSc2nnnn2-c2ccccc2)ccc1OC(C(N)=O)c1nc2ccccc2s1. The number of carbonyl (C=O) groups excluding carboxylic acids is 1. The van der Waals surface area contributed by atoms with E-state index in [4.69, 9.17) is 10.5 Å². The van der Waals surface area contributed by atoms with E-state index in [-0.39, 0.29) is 0 Å². The lowest BCUT2D eigenvalue weighted by atomic mass is 10.1. The van der Waals surface area contributed by atoms with E-state index in [1.54, 1.807) is 4.68 Å². The Morgan fingerprint density at radius 2 is 1.91 bits per heavy atom. The predicted molar refractivity (Wildman–Crippen MR) is 132 cm³/mol. The summed E-state index contributed by atoms with van der Waals surface area (Å²) in [4.78, 5) is 16.7. The second kappa shape index (κ2) is 9.62. The Labute approximate surface area is 203 Å². The molecule has 0 fully saturated rings. The minimum atomic E-state index is -0.952. The number of para-hydroxylation sites is 2. The van der Waals surface area contributed by atoms with Crippen LogP contribution >= 0.6 is 23.1 Å². The van der Waals surface area contributed by atoms with Crippen molar-refractivity contribution in [2.24, 2.45) is 5.73 Å². The van der Waals surface area contributed by atoms with Crippen molar-refractivity contribution >= 4 is 39.2 Å². The normalized spacial score (nSPS) is 12.0. The highest BCUT2D eigenvalue weighted by molar-refractivity contribution is 7.98. The number of hydrogen-bond acceptors (Lipinski definition) is 8. The molecule has 2 N–H and O–H groups in total. The maximum atomic E-state index is 12.2. The molecule has 1 unspecified atom stereocenters.